The zero-order valence-corrected chi connectivity index (χ0v) is 12.8. The predicted octanol–water partition coefficient (Wildman–Crippen LogP) is 3.43. The fourth-order valence-electron chi connectivity index (χ4n) is 1.76. The summed E-state index contributed by atoms with van der Waals surface area (Å²) in [5.41, 5.74) is 0.681. The van der Waals surface area contributed by atoms with E-state index in [0.29, 0.717) is 17.2 Å². The molecule has 2 aromatic rings. The topological polar surface area (TPSA) is 47.6 Å². The fourth-order valence-corrected chi connectivity index (χ4v) is 2.45. The van der Waals surface area contributed by atoms with E-state index in [1.165, 1.54) is 11.8 Å². The van der Waals surface area contributed by atoms with E-state index in [1.807, 2.05) is 48.5 Å². The van der Waals surface area contributed by atoms with Gasteiger partial charge in [0.15, 0.2) is 0 Å². The number of carbonyl (C=O) groups is 1. The summed E-state index contributed by atoms with van der Waals surface area (Å²) < 4.78 is 10.3. The maximum atomic E-state index is 12.0. The highest BCUT2D eigenvalue weighted by molar-refractivity contribution is 8.00. The van der Waals surface area contributed by atoms with Gasteiger partial charge in [-0.25, -0.2) is 0 Å². The Balaban J connectivity index is 1.89. The third kappa shape index (κ3) is 4.43. The first kappa shape index (κ1) is 15.3. The summed E-state index contributed by atoms with van der Waals surface area (Å²) in [6.45, 7) is 0. The summed E-state index contributed by atoms with van der Waals surface area (Å²) in [7, 11) is 3.21. The lowest BCUT2D eigenvalue weighted by molar-refractivity contribution is -0.113. The molecule has 0 aromatic heterocycles. The molecule has 0 atom stereocenters. The highest BCUT2D eigenvalue weighted by Gasteiger charge is 2.07. The Hall–Kier alpha value is -2.14. The van der Waals surface area contributed by atoms with Crippen LogP contribution < -0.4 is 14.8 Å². The lowest BCUT2D eigenvalue weighted by atomic mass is 10.3. The van der Waals surface area contributed by atoms with E-state index < -0.39 is 0 Å². The molecule has 4 nitrogen and oxygen atoms in total. The standard InChI is InChI=1S/C16H17NO3S/c1-19-12-7-9-13(10-8-12)21-11-16(18)17-14-5-3-4-6-15(14)20-2/h3-10H,11H2,1-2H3,(H,17,18). The van der Waals surface area contributed by atoms with Crippen molar-refractivity contribution in [1.29, 1.82) is 0 Å². The number of rotatable bonds is 6. The number of amides is 1. The molecule has 0 unspecified atom stereocenters. The predicted molar refractivity (Wildman–Crippen MR) is 85.3 cm³/mol. The van der Waals surface area contributed by atoms with Crippen LogP contribution in [0.5, 0.6) is 11.5 Å². The summed E-state index contributed by atoms with van der Waals surface area (Å²) in [4.78, 5) is 13.0. The van der Waals surface area contributed by atoms with Gasteiger partial charge in [-0.15, -0.1) is 11.8 Å². The molecule has 0 spiro atoms. The van der Waals surface area contributed by atoms with Crippen molar-refractivity contribution in [3.63, 3.8) is 0 Å². The van der Waals surface area contributed by atoms with Crippen molar-refractivity contribution in [3.05, 3.63) is 48.5 Å². The molecular weight excluding hydrogens is 286 g/mol. The fraction of sp³-hybridized carbons (Fsp3) is 0.188. The van der Waals surface area contributed by atoms with Gasteiger partial charge in [0.2, 0.25) is 5.91 Å². The molecule has 1 N–H and O–H groups in total. The van der Waals surface area contributed by atoms with Crippen LogP contribution >= 0.6 is 11.8 Å². The number of hydrogen-bond acceptors (Lipinski definition) is 4. The summed E-state index contributed by atoms with van der Waals surface area (Å²) in [6.07, 6.45) is 0. The molecule has 0 saturated heterocycles. The summed E-state index contributed by atoms with van der Waals surface area (Å²) >= 11 is 1.47. The number of para-hydroxylation sites is 2. The van der Waals surface area contributed by atoms with Gasteiger partial charge in [0.1, 0.15) is 11.5 Å². The largest absolute Gasteiger partial charge is 0.497 e. The Morgan fingerprint density at radius 3 is 2.43 bits per heavy atom. The smallest absolute Gasteiger partial charge is 0.234 e. The van der Waals surface area contributed by atoms with Gasteiger partial charge in [0.05, 0.1) is 25.7 Å². The second-order valence-corrected chi connectivity index (χ2v) is 5.26. The second-order valence-electron chi connectivity index (χ2n) is 4.21. The monoisotopic (exact) mass is 303 g/mol. The molecule has 2 aromatic carbocycles. The van der Waals surface area contributed by atoms with E-state index in [-0.39, 0.29) is 5.91 Å². The third-order valence-electron chi connectivity index (χ3n) is 2.81. The molecule has 110 valence electrons. The van der Waals surface area contributed by atoms with E-state index >= 15 is 0 Å². The quantitative estimate of drug-likeness (QED) is 0.831. The van der Waals surface area contributed by atoms with Crippen LogP contribution in [0.1, 0.15) is 0 Å². The van der Waals surface area contributed by atoms with Gasteiger partial charge >= 0.3 is 0 Å². The van der Waals surface area contributed by atoms with Gasteiger partial charge in [0.25, 0.3) is 0 Å². The Labute approximate surface area is 128 Å². The van der Waals surface area contributed by atoms with E-state index in [2.05, 4.69) is 5.32 Å². The van der Waals surface area contributed by atoms with E-state index in [1.54, 1.807) is 14.2 Å². The van der Waals surface area contributed by atoms with Crippen molar-refractivity contribution in [2.24, 2.45) is 0 Å². The van der Waals surface area contributed by atoms with Gasteiger partial charge in [0, 0.05) is 4.90 Å². The Morgan fingerprint density at radius 1 is 1.05 bits per heavy atom. The van der Waals surface area contributed by atoms with Gasteiger partial charge < -0.3 is 14.8 Å². The molecule has 0 saturated carbocycles. The van der Waals surface area contributed by atoms with Crippen molar-refractivity contribution < 1.29 is 14.3 Å². The molecule has 0 aliphatic rings. The number of anilines is 1. The highest BCUT2D eigenvalue weighted by Crippen LogP contribution is 2.24. The minimum Gasteiger partial charge on any atom is -0.497 e. The summed E-state index contributed by atoms with van der Waals surface area (Å²) in [5, 5.41) is 2.84. The SMILES string of the molecule is COc1ccc(SCC(=O)Nc2ccccc2OC)cc1. The van der Waals surface area contributed by atoms with Gasteiger partial charge in [-0.1, -0.05) is 12.1 Å². The maximum absolute atomic E-state index is 12.0. The van der Waals surface area contributed by atoms with Crippen LogP contribution in [-0.4, -0.2) is 25.9 Å². The van der Waals surface area contributed by atoms with Crippen LogP contribution in [0.4, 0.5) is 5.69 Å². The minimum atomic E-state index is -0.0691. The van der Waals surface area contributed by atoms with Crippen LogP contribution in [0.2, 0.25) is 0 Å². The van der Waals surface area contributed by atoms with E-state index in [4.69, 9.17) is 9.47 Å². The molecule has 0 bridgehead atoms. The average molecular weight is 303 g/mol. The number of methoxy groups -OCH3 is 2. The minimum absolute atomic E-state index is 0.0691. The zero-order valence-electron chi connectivity index (χ0n) is 12.0. The first-order valence-corrected chi connectivity index (χ1v) is 7.41. The van der Waals surface area contributed by atoms with Crippen LogP contribution in [0, 0.1) is 0 Å². The van der Waals surface area contributed by atoms with Crippen molar-refractivity contribution in [3.8, 4) is 11.5 Å². The lowest BCUT2D eigenvalue weighted by Gasteiger charge is -2.09. The number of hydrogen-bond donors (Lipinski definition) is 1. The molecular formula is C16H17NO3S. The van der Waals surface area contributed by atoms with Crippen LogP contribution in [0.25, 0.3) is 0 Å². The summed E-state index contributed by atoms with van der Waals surface area (Å²) in [6, 6.07) is 15.0. The first-order valence-electron chi connectivity index (χ1n) is 6.42. The molecule has 0 aliphatic heterocycles. The third-order valence-corrected chi connectivity index (χ3v) is 3.82. The Morgan fingerprint density at radius 2 is 1.76 bits per heavy atom. The lowest BCUT2D eigenvalue weighted by Crippen LogP contribution is -2.14. The molecule has 1 amide bonds. The van der Waals surface area contributed by atoms with Gasteiger partial charge in [-0.2, -0.15) is 0 Å². The number of nitrogens with one attached hydrogen (secondary N) is 1. The van der Waals surface area contributed by atoms with E-state index in [9.17, 15) is 4.79 Å². The summed E-state index contributed by atoms with van der Waals surface area (Å²) in [5.74, 6) is 1.73. The molecule has 0 aliphatic carbocycles. The number of thioether (sulfide) groups is 1. The van der Waals surface area contributed by atoms with Gasteiger partial charge in [-0.3, -0.25) is 4.79 Å². The number of benzene rings is 2. The Bertz CT molecular complexity index is 599. The average Bonchev–Trinajstić information content (AvgIpc) is 2.54. The van der Waals surface area contributed by atoms with Crippen molar-refractivity contribution in [1.82, 2.24) is 0 Å². The zero-order chi connectivity index (χ0) is 15.1. The first-order chi connectivity index (χ1) is 10.2. The number of carbonyl (C=O) groups excluding carboxylic acids is 1. The van der Waals surface area contributed by atoms with E-state index in [0.717, 1.165) is 10.6 Å². The van der Waals surface area contributed by atoms with Crippen molar-refractivity contribution in [2.45, 2.75) is 4.90 Å². The molecule has 21 heavy (non-hydrogen) atoms. The Kier molecular flexibility index (Phi) is 5.51. The van der Waals surface area contributed by atoms with Crippen molar-refractivity contribution >= 4 is 23.4 Å². The molecule has 5 heteroatoms. The molecule has 0 heterocycles. The molecule has 2 rings (SSSR count). The highest BCUT2D eigenvalue weighted by atomic mass is 32.2. The van der Waals surface area contributed by atoms with Crippen LogP contribution in [0.15, 0.2) is 53.4 Å². The van der Waals surface area contributed by atoms with Crippen molar-refractivity contribution in [2.75, 3.05) is 25.3 Å². The maximum Gasteiger partial charge on any atom is 0.234 e. The van der Waals surface area contributed by atoms with Crippen LogP contribution in [0.3, 0.4) is 0 Å². The normalized spacial score (nSPS) is 10.0. The van der Waals surface area contributed by atoms with Gasteiger partial charge in [-0.05, 0) is 36.4 Å². The number of ether oxygens (including phenoxy) is 2. The van der Waals surface area contributed by atoms with Crippen LogP contribution in [-0.2, 0) is 4.79 Å². The molecule has 0 radical (unpaired) electrons. The second kappa shape index (κ2) is 7.59. The molecule has 0 fully saturated rings.